The molecule has 1 aromatic heterocycles. The maximum absolute atomic E-state index is 4.17. The van der Waals surface area contributed by atoms with E-state index in [1.54, 1.807) is 0 Å². The molecule has 14 heavy (non-hydrogen) atoms. The van der Waals surface area contributed by atoms with E-state index in [4.69, 9.17) is 0 Å². The van der Waals surface area contributed by atoms with Gasteiger partial charge in [-0.2, -0.15) is 5.10 Å². The Hall–Kier alpha value is -0.870. The molecule has 1 atom stereocenters. The highest BCUT2D eigenvalue weighted by molar-refractivity contribution is 5.00. The maximum atomic E-state index is 4.17. The molecule has 0 bridgehead atoms. The van der Waals surface area contributed by atoms with Gasteiger partial charge >= 0.3 is 0 Å². The summed E-state index contributed by atoms with van der Waals surface area (Å²) in [5.41, 5.74) is 1.28. The van der Waals surface area contributed by atoms with E-state index in [1.165, 1.54) is 12.1 Å². The van der Waals surface area contributed by atoms with Gasteiger partial charge in [-0.1, -0.05) is 0 Å². The van der Waals surface area contributed by atoms with Crippen LogP contribution in [-0.4, -0.2) is 40.9 Å². The molecule has 0 aromatic carbocycles. The lowest BCUT2D eigenvalue weighted by Crippen LogP contribution is -2.33. The van der Waals surface area contributed by atoms with E-state index in [0.29, 0.717) is 6.04 Å². The fourth-order valence-corrected chi connectivity index (χ4v) is 1.96. The van der Waals surface area contributed by atoms with Crippen LogP contribution in [0.5, 0.6) is 0 Å². The zero-order valence-electron chi connectivity index (χ0n) is 8.90. The van der Waals surface area contributed by atoms with Crippen LogP contribution in [0.2, 0.25) is 0 Å². The van der Waals surface area contributed by atoms with E-state index < -0.39 is 0 Å². The summed E-state index contributed by atoms with van der Waals surface area (Å²) in [4.78, 5) is 2.40. The van der Waals surface area contributed by atoms with Crippen molar-refractivity contribution < 1.29 is 0 Å². The summed E-state index contributed by atoms with van der Waals surface area (Å²) in [6.07, 6.45) is 3.12. The van der Waals surface area contributed by atoms with E-state index in [2.05, 4.69) is 28.4 Å². The van der Waals surface area contributed by atoms with Gasteiger partial charge in [0.2, 0.25) is 0 Å². The van der Waals surface area contributed by atoms with Crippen molar-refractivity contribution in [3.63, 3.8) is 0 Å². The van der Waals surface area contributed by atoms with Crippen LogP contribution in [0.25, 0.3) is 0 Å². The number of nitrogens with one attached hydrogen (secondary N) is 1. The summed E-state index contributed by atoms with van der Waals surface area (Å²) in [5, 5.41) is 7.55. The molecule has 1 aliphatic heterocycles. The van der Waals surface area contributed by atoms with E-state index >= 15 is 0 Å². The Morgan fingerprint density at radius 3 is 3.14 bits per heavy atom. The molecule has 4 nitrogen and oxygen atoms in total. The third kappa shape index (κ3) is 1.96. The molecule has 0 saturated carbocycles. The summed E-state index contributed by atoms with van der Waals surface area (Å²) in [5.74, 6) is 0. The second-order valence-corrected chi connectivity index (χ2v) is 4.01. The lowest BCUT2D eigenvalue weighted by Gasteiger charge is -2.23. The molecule has 1 unspecified atom stereocenters. The number of nitrogens with zero attached hydrogens (tertiary/aromatic N) is 3. The van der Waals surface area contributed by atoms with Gasteiger partial charge < -0.3 is 5.32 Å². The predicted octanol–water partition coefficient (Wildman–Crippen LogP) is 0.214. The van der Waals surface area contributed by atoms with Gasteiger partial charge in [-0.3, -0.25) is 9.58 Å². The first-order valence-corrected chi connectivity index (χ1v) is 5.15. The van der Waals surface area contributed by atoms with Gasteiger partial charge in [0.05, 0.1) is 5.69 Å². The minimum Gasteiger partial charge on any atom is -0.315 e. The first-order valence-electron chi connectivity index (χ1n) is 5.15. The number of hydrogen-bond donors (Lipinski definition) is 1. The smallest absolute Gasteiger partial charge is 0.0521 e. The van der Waals surface area contributed by atoms with Gasteiger partial charge in [-0.15, -0.1) is 0 Å². The summed E-state index contributed by atoms with van der Waals surface area (Å²) < 4.78 is 1.94. The molecule has 1 N–H and O–H groups in total. The molecule has 78 valence electrons. The standard InChI is InChI=1S/C10H18N4/c1-13(9-3-5-11-7-9)8-10-4-6-12-14(10)2/h4,6,9,11H,3,5,7-8H2,1-2H3. The van der Waals surface area contributed by atoms with Crippen molar-refractivity contribution >= 4 is 0 Å². The molecule has 1 saturated heterocycles. The largest absolute Gasteiger partial charge is 0.315 e. The zero-order chi connectivity index (χ0) is 9.97. The van der Waals surface area contributed by atoms with Crippen LogP contribution in [0, 0.1) is 0 Å². The monoisotopic (exact) mass is 194 g/mol. The number of rotatable bonds is 3. The molecular formula is C10H18N4. The van der Waals surface area contributed by atoms with E-state index in [9.17, 15) is 0 Å². The Morgan fingerprint density at radius 2 is 2.57 bits per heavy atom. The molecule has 2 heterocycles. The zero-order valence-corrected chi connectivity index (χ0v) is 8.90. The molecule has 1 aliphatic rings. The van der Waals surface area contributed by atoms with Crippen LogP contribution in [0.3, 0.4) is 0 Å². The lowest BCUT2D eigenvalue weighted by atomic mass is 10.2. The van der Waals surface area contributed by atoms with Crippen LogP contribution in [0.15, 0.2) is 12.3 Å². The van der Waals surface area contributed by atoms with E-state index in [-0.39, 0.29) is 0 Å². The van der Waals surface area contributed by atoms with Crippen molar-refractivity contribution in [1.82, 2.24) is 20.0 Å². The summed E-state index contributed by atoms with van der Waals surface area (Å²) >= 11 is 0. The predicted molar refractivity (Wildman–Crippen MR) is 55.9 cm³/mol. The van der Waals surface area contributed by atoms with Crippen molar-refractivity contribution in [3.05, 3.63) is 18.0 Å². The normalized spacial score (nSPS) is 22.1. The summed E-state index contributed by atoms with van der Waals surface area (Å²) in [7, 11) is 4.18. The average Bonchev–Trinajstić information content (AvgIpc) is 2.77. The van der Waals surface area contributed by atoms with Gasteiger partial charge in [0.1, 0.15) is 0 Å². The SMILES string of the molecule is CN(Cc1ccnn1C)C1CCNC1. The van der Waals surface area contributed by atoms with Gasteiger partial charge in [-0.25, -0.2) is 0 Å². The van der Waals surface area contributed by atoms with Gasteiger partial charge in [0.15, 0.2) is 0 Å². The first-order chi connectivity index (χ1) is 6.77. The number of likely N-dealkylation sites (N-methyl/N-ethyl adjacent to an activating group) is 1. The summed E-state index contributed by atoms with van der Waals surface area (Å²) in [6.45, 7) is 3.26. The van der Waals surface area contributed by atoms with E-state index in [0.717, 1.165) is 19.6 Å². The van der Waals surface area contributed by atoms with Gasteiger partial charge in [-0.05, 0) is 26.1 Å². The average molecular weight is 194 g/mol. The van der Waals surface area contributed by atoms with Gasteiger partial charge in [0.25, 0.3) is 0 Å². The molecular weight excluding hydrogens is 176 g/mol. The van der Waals surface area contributed by atoms with E-state index in [1.807, 2.05) is 17.9 Å². The Balaban J connectivity index is 1.93. The van der Waals surface area contributed by atoms with Crippen LogP contribution < -0.4 is 5.32 Å². The van der Waals surface area contributed by atoms with Crippen LogP contribution in [0.4, 0.5) is 0 Å². The second kappa shape index (κ2) is 4.11. The number of aromatic nitrogens is 2. The Bertz CT molecular complexity index is 288. The molecule has 2 rings (SSSR count). The van der Waals surface area contributed by atoms with Crippen LogP contribution in [0.1, 0.15) is 12.1 Å². The van der Waals surface area contributed by atoms with Crippen LogP contribution in [-0.2, 0) is 13.6 Å². The summed E-state index contributed by atoms with van der Waals surface area (Å²) in [6, 6.07) is 2.77. The molecule has 0 spiro atoms. The Kier molecular flexibility index (Phi) is 2.84. The topological polar surface area (TPSA) is 33.1 Å². The van der Waals surface area contributed by atoms with Crippen molar-refractivity contribution in [2.24, 2.45) is 7.05 Å². The second-order valence-electron chi connectivity index (χ2n) is 4.01. The molecule has 1 aromatic rings. The highest BCUT2D eigenvalue weighted by Gasteiger charge is 2.19. The highest BCUT2D eigenvalue weighted by Crippen LogP contribution is 2.10. The van der Waals surface area contributed by atoms with Crippen molar-refractivity contribution in [1.29, 1.82) is 0 Å². The molecule has 0 radical (unpaired) electrons. The molecule has 1 fully saturated rings. The number of hydrogen-bond acceptors (Lipinski definition) is 3. The first kappa shape index (κ1) is 9.68. The maximum Gasteiger partial charge on any atom is 0.0521 e. The van der Waals surface area contributed by atoms with Gasteiger partial charge in [0, 0.05) is 32.4 Å². The fourth-order valence-electron chi connectivity index (χ4n) is 1.96. The van der Waals surface area contributed by atoms with Crippen molar-refractivity contribution in [2.75, 3.05) is 20.1 Å². The van der Waals surface area contributed by atoms with Crippen LogP contribution >= 0.6 is 0 Å². The minimum atomic E-state index is 0.685. The number of aryl methyl sites for hydroxylation is 1. The third-order valence-electron chi connectivity index (χ3n) is 2.99. The lowest BCUT2D eigenvalue weighted by molar-refractivity contribution is 0.242. The highest BCUT2D eigenvalue weighted by atomic mass is 15.3. The molecule has 0 aliphatic carbocycles. The molecule has 0 amide bonds. The Labute approximate surface area is 84.9 Å². The Morgan fingerprint density at radius 1 is 1.71 bits per heavy atom. The van der Waals surface area contributed by atoms with Crippen molar-refractivity contribution in [3.8, 4) is 0 Å². The third-order valence-corrected chi connectivity index (χ3v) is 2.99. The fraction of sp³-hybridized carbons (Fsp3) is 0.700. The minimum absolute atomic E-state index is 0.685. The quantitative estimate of drug-likeness (QED) is 0.747. The molecule has 4 heteroatoms. The van der Waals surface area contributed by atoms with Crippen molar-refractivity contribution in [2.45, 2.75) is 19.0 Å².